The highest BCUT2D eigenvalue weighted by molar-refractivity contribution is 7.91. The second-order valence-electron chi connectivity index (χ2n) is 9.20. The van der Waals surface area contributed by atoms with Gasteiger partial charge in [-0.2, -0.15) is 0 Å². The molecule has 26 heavy (non-hydrogen) atoms. The van der Waals surface area contributed by atoms with E-state index in [1.165, 1.54) is 4.90 Å². The van der Waals surface area contributed by atoms with E-state index in [-0.39, 0.29) is 41.6 Å². The van der Waals surface area contributed by atoms with E-state index in [0.29, 0.717) is 31.7 Å². The molecule has 1 spiro atoms. The molecule has 0 aromatic heterocycles. The third kappa shape index (κ3) is 3.63. The van der Waals surface area contributed by atoms with E-state index in [1.807, 2.05) is 11.8 Å². The van der Waals surface area contributed by atoms with Crippen molar-refractivity contribution in [2.45, 2.75) is 65.0 Å². The summed E-state index contributed by atoms with van der Waals surface area (Å²) in [5.74, 6) is 0.510. The first-order chi connectivity index (χ1) is 12.0. The molecule has 1 N–H and O–H groups in total. The van der Waals surface area contributed by atoms with Crippen LogP contribution in [0.15, 0.2) is 0 Å². The Balaban J connectivity index is 1.77. The SMILES string of the molecule is CCN(CN1C(=O)N[C@]2(C[C@@H](C)CC(C)(C)C2)C1=O)[C@H]1CCS(=O)(=O)C1. The maximum absolute atomic E-state index is 13.2. The van der Waals surface area contributed by atoms with Crippen LogP contribution in [0.3, 0.4) is 0 Å². The lowest BCUT2D eigenvalue weighted by atomic mass is 9.64. The second-order valence-corrected chi connectivity index (χ2v) is 11.4. The van der Waals surface area contributed by atoms with E-state index in [9.17, 15) is 18.0 Å². The zero-order valence-electron chi connectivity index (χ0n) is 16.2. The maximum atomic E-state index is 13.2. The van der Waals surface area contributed by atoms with Crippen LogP contribution < -0.4 is 5.32 Å². The van der Waals surface area contributed by atoms with E-state index in [0.717, 1.165) is 6.42 Å². The predicted octanol–water partition coefficient (Wildman–Crippen LogP) is 1.59. The van der Waals surface area contributed by atoms with Crippen molar-refractivity contribution in [1.29, 1.82) is 0 Å². The van der Waals surface area contributed by atoms with Crippen molar-refractivity contribution in [3.63, 3.8) is 0 Å². The number of nitrogens with one attached hydrogen (secondary N) is 1. The summed E-state index contributed by atoms with van der Waals surface area (Å²) in [7, 11) is -3.01. The number of hydrogen-bond acceptors (Lipinski definition) is 5. The molecule has 2 saturated heterocycles. The van der Waals surface area contributed by atoms with Crippen molar-refractivity contribution in [2.24, 2.45) is 11.3 Å². The third-order valence-corrected chi connectivity index (χ3v) is 7.83. The van der Waals surface area contributed by atoms with E-state index < -0.39 is 15.4 Å². The summed E-state index contributed by atoms with van der Waals surface area (Å²) >= 11 is 0. The van der Waals surface area contributed by atoms with Crippen LogP contribution in [-0.2, 0) is 14.6 Å². The van der Waals surface area contributed by atoms with Crippen LogP contribution in [0.4, 0.5) is 4.79 Å². The van der Waals surface area contributed by atoms with Gasteiger partial charge in [-0.05, 0) is 43.6 Å². The first-order valence-electron chi connectivity index (χ1n) is 9.55. The van der Waals surface area contributed by atoms with Gasteiger partial charge >= 0.3 is 6.03 Å². The smallest absolute Gasteiger partial charge is 0.323 e. The van der Waals surface area contributed by atoms with Crippen LogP contribution in [0.5, 0.6) is 0 Å². The van der Waals surface area contributed by atoms with Gasteiger partial charge in [0.05, 0.1) is 18.2 Å². The number of carbonyl (C=O) groups is 2. The molecule has 1 saturated carbocycles. The number of sulfone groups is 1. The maximum Gasteiger partial charge on any atom is 0.326 e. The molecule has 0 radical (unpaired) electrons. The molecule has 3 aliphatic rings. The molecule has 0 unspecified atom stereocenters. The molecule has 2 aliphatic heterocycles. The van der Waals surface area contributed by atoms with E-state index in [4.69, 9.17) is 0 Å². The summed E-state index contributed by atoms with van der Waals surface area (Å²) in [5, 5.41) is 2.98. The number of urea groups is 1. The molecule has 3 amide bonds. The fraction of sp³-hybridized carbons (Fsp3) is 0.889. The lowest BCUT2D eigenvalue weighted by molar-refractivity contribution is -0.136. The van der Waals surface area contributed by atoms with Crippen molar-refractivity contribution in [1.82, 2.24) is 15.1 Å². The van der Waals surface area contributed by atoms with Crippen molar-refractivity contribution >= 4 is 21.8 Å². The highest BCUT2D eigenvalue weighted by Gasteiger charge is 2.56. The summed E-state index contributed by atoms with van der Waals surface area (Å²) in [6.45, 7) is 9.13. The number of nitrogens with zero attached hydrogens (tertiary/aromatic N) is 2. The van der Waals surface area contributed by atoms with Gasteiger partial charge in [-0.15, -0.1) is 0 Å². The highest BCUT2D eigenvalue weighted by Crippen LogP contribution is 2.46. The molecule has 0 bridgehead atoms. The van der Waals surface area contributed by atoms with Crippen LogP contribution in [0.1, 0.15) is 53.4 Å². The van der Waals surface area contributed by atoms with Crippen molar-refractivity contribution in [3.8, 4) is 0 Å². The molecule has 2 heterocycles. The Morgan fingerprint density at radius 3 is 2.50 bits per heavy atom. The minimum absolute atomic E-state index is 0.000586. The molecular formula is C18H31N3O4S. The highest BCUT2D eigenvalue weighted by atomic mass is 32.2. The quantitative estimate of drug-likeness (QED) is 0.743. The molecule has 3 atom stereocenters. The van der Waals surface area contributed by atoms with E-state index >= 15 is 0 Å². The fourth-order valence-corrected chi connectivity index (χ4v) is 7.11. The monoisotopic (exact) mass is 385 g/mol. The predicted molar refractivity (Wildman–Crippen MR) is 99.2 cm³/mol. The Labute approximate surface area is 156 Å². The zero-order valence-corrected chi connectivity index (χ0v) is 17.1. The lowest BCUT2D eigenvalue weighted by Gasteiger charge is -2.44. The first-order valence-corrected chi connectivity index (χ1v) is 11.4. The van der Waals surface area contributed by atoms with Gasteiger partial charge in [-0.3, -0.25) is 9.69 Å². The molecule has 8 heteroatoms. The van der Waals surface area contributed by atoms with Gasteiger partial charge in [0.2, 0.25) is 0 Å². The van der Waals surface area contributed by atoms with E-state index in [2.05, 4.69) is 26.1 Å². The van der Waals surface area contributed by atoms with Crippen molar-refractivity contribution in [3.05, 3.63) is 0 Å². The Morgan fingerprint density at radius 1 is 1.27 bits per heavy atom. The summed E-state index contributed by atoms with van der Waals surface area (Å²) < 4.78 is 23.6. The van der Waals surface area contributed by atoms with Gasteiger partial charge in [0.15, 0.2) is 9.84 Å². The van der Waals surface area contributed by atoms with Gasteiger partial charge in [0, 0.05) is 6.04 Å². The normalized spacial score (nSPS) is 36.1. The van der Waals surface area contributed by atoms with Gasteiger partial charge in [0.1, 0.15) is 5.54 Å². The largest absolute Gasteiger partial charge is 0.326 e. The fourth-order valence-electron chi connectivity index (χ4n) is 5.35. The number of rotatable bonds is 4. The Bertz CT molecular complexity index is 705. The second kappa shape index (κ2) is 6.48. The van der Waals surface area contributed by atoms with Crippen LogP contribution >= 0.6 is 0 Å². The summed E-state index contributed by atoms with van der Waals surface area (Å²) in [6.07, 6.45) is 2.92. The Morgan fingerprint density at radius 2 is 1.96 bits per heavy atom. The molecule has 0 aromatic rings. The average molecular weight is 386 g/mol. The van der Waals surface area contributed by atoms with Crippen LogP contribution in [0.25, 0.3) is 0 Å². The van der Waals surface area contributed by atoms with Crippen LogP contribution in [-0.4, -0.2) is 66.5 Å². The standard InChI is InChI=1S/C18H31N3O4S/c1-5-20(14-6-7-26(24,25)10-14)12-21-15(22)18(19-16(21)23)9-13(2)8-17(3,4)11-18/h13-14H,5-12H2,1-4H3,(H,19,23)/t13-,14-,18-/m0/s1. The topological polar surface area (TPSA) is 86.8 Å². The van der Waals surface area contributed by atoms with Gasteiger partial charge in [-0.1, -0.05) is 27.7 Å². The van der Waals surface area contributed by atoms with Crippen LogP contribution in [0, 0.1) is 11.3 Å². The number of amides is 3. The molecule has 3 rings (SSSR count). The minimum atomic E-state index is -3.01. The summed E-state index contributed by atoms with van der Waals surface area (Å²) in [6, 6.07) is -0.469. The molecule has 7 nitrogen and oxygen atoms in total. The average Bonchev–Trinajstić information content (AvgIpc) is 2.94. The molecule has 0 aromatic carbocycles. The summed E-state index contributed by atoms with van der Waals surface area (Å²) in [4.78, 5) is 29.1. The Hall–Kier alpha value is -1.15. The number of hydrogen-bond donors (Lipinski definition) is 1. The van der Waals surface area contributed by atoms with Crippen molar-refractivity contribution < 1.29 is 18.0 Å². The third-order valence-electron chi connectivity index (χ3n) is 6.08. The zero-order chi connectivity index (χ0) is 19.3. The van der Waals surface area contributed by atoms with Gasteiger partial charge in [0.25, 0.3) is 5.91 Å². The van der Waals surface area contributed by atoms with Gasteiger partial charge < -0.3 is 5.32 Å². The van der Waals surface area contributed by atoms with Crippen LogP contribution in [0.2, 0.25) is 0 Å². The minimum Gasteiger partial charge on any atom is -0.323 e. The molecule has 148 valence electrons. The van der Waals surface area contributed by atoms with Crippen molar-refractivity contribution in [2.75, 3.05) is 24.7 Å². The molecule has 1 aliphatic carbocycles. The number of carbonyl (C=O) groups excluding carboxylic acids is 2. The van der Waals surface area contributed by atoms with E-state index in [1.54, 1.807) is 0 Å². The molecular weight excluding hydrogens is 354 g/mol. The first kappa shape index (κ1) is 19.6. The molecule has 3 fully saturated rings. The van der Waals surface area contributed by atoms with Gasteiger partial charge in [-0.25, -0.2) is 18.1 Å². The summed E-state index contributed by atoms with van der Waals surface area (Å²) in [5.41, 5.74) is -0.806. The number of imide groups is 1. The lowest BCUT2D eigenvalue weighted by Crippen LogP contribution is -2.54. The Kier molecular flexibility index (Phi) is 4.88.